The molecule has 1 unspecified atom stereocenters. The number of nitrogens with zero attached hydrogens (tertiary/aromatic N) is 1. The van der Waals surface area contributed by atoms with Crippen LogP contribution in [0.25, 0.3) is 0 Å². The van der Waals surface area contributed by atoms with Gasteiger partial charge < -0.3 is 27.8 Å². The molecule has 3 nitrogen and oxygen atoms in total. The van der Waals surface area contributed by atoms with Crippen LogP contribution < -0.4 is 27.3 Å². The van der Waals surface area contributed by atoms with Gasteiger partial charge in [0.05, 0.1) is 5.38 Å². The first-order valence-electron chi connectivity index (χ1n) is 3.06. The molecule has 0 aliphatic carbocycles. The minimum Gasteiger partial charge on any atom is -1.00 e. The second-order valence-electron chi connectivity index (χ2n) is 2.22. The Morgan fingerprint density at radius 1 is 1.82 bits per heavy atom. The molecule has 0 aromatic carbocycles. The molecule has 0 amide bonds. The topological polar surface area (TPSA) is 50.1 Å². The zero-order valence-corrected chi connectivity index (χ0v) is 8.60. The van der Waals surface area contributed by atoms with E-state index in [1.807, 2.05) is 22.4 Å². The fourth-order valence-electron chi connectivity index (χ4n) is 0.742. The summed E-state index contributed by atoms with van der Waals surface area (Å²) in [6, 6.07) is 0. The monoisotopic (exact) mass is 238 g/mol. The summed E-state index contributed by atoms with van der Waals surface area (Å²) in [7, 11) is 0. The predicted molar refractivity (Wildman–Crippen MR) is 39.4 cm³/mol. The molecule has 11 heavy (non-hydrogen) atoms. The molecular formula is C6H11BrN2OS. The molecule has 0 aliphatic rings. The van der Waals surface area contributed by atoms with Gasteiger partial charge in [-0.05, 0) is 0 Å². The van der Waals surface area contributed by atoms with Crippen LogP contribution in [0, 0.1) is 6.92 Å². The van der Waals surface area contributed by atoms with E-state index in [1.165, 1.54) is 0 Å². The van der Waals surface area contributed by atoms with Crippen LogP contribution in [0.2, 0.25) is 0 Å². The third-order valence-electron chi connectivity index (χ3n) is 1.26. The van der Waals surface area contributed by atoms with Crippen molar-refractivity contribution in [3.63, 3.8) is 0 Å². The molecule has 3 N–H and O–H groups in total. The second kappa shape index (κ2) is 4.82. The average molecular weight is 239 g/mol. The molecule has 0 bridgehead atoms. The smallest absolute Gasteiger partial charge is 0.225 e. The molecule has 0 spiro atoms. The Balaban J connectivity index is 0.000001000. The number of rotatable bonds is 2. The van der Waals surface area contributed by atoms with Gasteiger partial charge in [0.25, 0.3) is 0 Å². The van der Waals surface area contributed by atoms with E-state index < -0.39 is 6.23 Å². The summed E-state index contributed by atoms with van der Waals surface area (Å²) in [5.41, 5.74) is 8.26. The maximum absolute atomic E-state index is 8.81. The van der Waals surface area contributed by atoms with E-state index in [0.717, 1.165) is 5.69 Å². The predicted octanol–water partition coefficient (Wildman–Crippen LogP) is -3.37. The van der Waals surface area contributed by atoms with Gasteiger partial charge >= 0.3 is 0 Å². The highest BCUT2D eigenvalue weighted by molar-refractivity contribution is 7.07. The van der Waals surface area contributed by atoms with Crippen molar-refractivity contribution in [1.29, 1.82) is 0 Å². The number of aliphatic hydroxyl groups excluding tert-OH is 1. The molecule has 0 saturated heterocycles. The average Bonchev–Trinajstić information content (AvgIpc) is 2.15. The Labute approximate surface area is 80.2 Å². The van der Waals surface area contributed by atoms with Crippen molar-refractivity contribution in [3.05, 3.63) is 16.6 Å². The second-order valence-corrected chi connectivity index (χ2v) is 2.94. The van der Waals surface area contributed by atoms with Crippen LogP contribution >= 0.6 is 11.3 Å². The van der Waals surface area contributed by atoms with E-state index in [0.29, 0.717) is 6.54 Å². The SMILES string of the molecule is Cc1csc[n+]1CC(N)O.[Br-]. The lowest BCUT2D eigenvalue weighted by molar-refractivity contribution is -0.704. The zero-order chi connectivity index (χ0) is 7.56. The highest BCUT2D eigenvalue weighted by atomic mass is 79.9. The molecule has 64 valence electrons. The lowest BCUT2D eigenvalue weighted by Gasteiger charge is -1.96. The standard InChI is InChI=1S/C6H11N2OS.BrH/c1-5-3-10-4-8(5)2-6(7)9;/h3-4,6,9H,2,7H2,1H3;1H/q+1;/p-1. The van der Waals surface area contributed by atoms with Gasteiger partial charge in [0.2, 0.25) is 5.51 Å². The van der Waals surface area contributed by atoms with Gasteiger partial charge in [0.1, 0.15) is 0 Å². The molecule has 0 fully saturated rings. The Morgan fingerprint density at radius 3 is 2.82 bits per heavy atom. The summed E-state index contributed by atoms with van der Waals surface area (Å²) >= 11 is 1.60. The van der Waals surface area contributed by atoms with E-state index in [1.54, 1.807) is 11.3 Å². The number of aryl methyl sites for hydroxylation is 1. The van der Waals surface area contributed by atoms with Crippen molar-refractivity contribution in [1.82, 2.24) is 0 Å². The van der Waals surface area contributed by atoms with Crippen molar-refractivity contribution in [2.75, 3.05) is 0 Å². The first kappa shape index (κ1) is 11.0. The Bertz CT molecular complexity index is 214. The number of halogens is 1. The van der Waals surface area contributed by atoms with Gasteiger partial charge in [-0.1, -0.05) is 11.3 Å². The lowest BCUT2D eigenvalue weighted by atomic mass is 10.5. The van der Waals surface area contributed by atoms with Crippen LogP contribution in [0.15, 0.2) is 10.9 Å². The summed E-state index contributed by atoms with van der Waals surface area (Å²) < 4.78 is 1.93. The highest BCUT2D eigenvalue weighted by Gasteiger charge is 2.09. The zero-order valence-electron chi connectivity index (χ0n) is 6.20. The molecule has 0 radical (unpaired) electrons. The number of aromatic nitrogens is 1. The summed E-state index contributed by atoms with van der Waals surface area (Å²) in [5, 5.41) is 10.8. The van der Waals surface area contributed by atoms with Crippen molar-refractivity contribution >= 4 is 11.3 Å². The molecule has 0 aliphatic heterocycles. The summed E-state index contributed by atoms with van der Waals surface area (Å²) in [4.78, 5) is 0. The minimum atomic E-state index is -0.752. The van der Waals surface area contributed by atoms with Gasteiger partial charge in [0, 0.05) is 6.92 Å². The first-order chi connectivity index (χ1) is 4.70. The first-order valence-corrected chi connectivity index (χ1v) is 4.00. The maximum Gasteiger partial charge on any atom is 0.225 e. The van der Waals surface area contributed by atoms with Crippen LogP contribution in [-0.4, -0.2) is 11.3 Å². The number of hydrogen-bond acceptors (Lipinski definition) is 3. The number of nitrogens with two attached hydrogens (primary N) is 1. The molecule has 1 aromatic rings. The number of aliphatic hydroxyl groups is 1. The van der Waals surface area contributed by atoms with E-state index in [-0.39, 0.29) is 17.0 Å². The van der Waals surface area contributed by atoms with Crippen molar-refractivity contribution in [2.45, 2.75) is 19.7 Å². The van der Waals surface area contributed by atoms with Crippen molar-refractivity contribution in [3.8, 4) is 0 Å². The normalized spacial score (nSPS) is 12.3. The van der Waals surface area contributed by atoms with Crippen LogP contribution in [-0.2, 0) is 6.54 Å². The number of hydrogen-bond donors (Lipinski definition) is 2. The summed E-state index contributed by atoms with van der Waals surface area (Å²) in [5.74, 6) is 0. The van der Waals surface area contributed by atoms with Crippen LogP contribution in [0.3, 0.4) is 0 Å². The largest absolute Gasteiger partial charge is 1.00 e. The van der Waals surface area contributed by atoms with Gasteiger partial charge in [-0.25, -0.2) is 0 Å². The van der Waals surface area contributed by atoms with E-state index in [4.69, 9.17) is 10.8 Å². The van der Waals surface area contributed by atoms with E-state index >= 15 is 0 Å². The highest BCUT2D eigenvalue weighted by Crippen LogP contribution is 1.95. The maximum atomic E-state index is 8.81. The summed E-state index contributed by atoms with van der Waals surface area (Å²) in [6.07, 6.45) is -0.752. The molecule has 1 heterocycles. The third-order valence-corrected chi connectivity index (χ3v) is 2.12. The Kier molecular flexibility index (Phi) is 4.83. The molecule has 5 heteroatoms. The number of thiazole rings is 1. The minimum absolute atomic E-state index is 0. The molecular weight excluding hydrogens is 228 g/mol. The van der Waals surface area contributed by atoms with E-state index in [9.17, 15) is 0 Å². The molecule has 1 rings (SSSR count). The van der Waals surface area contributed by atoms with Gasteiger partial charge in [-0.2, -0.15) is 4.57 Å². The van der Waals surface area contributed by atoms with E-state index in [2.05, 4.69) is 0 Å². The Morgan fingerprint density at radius 2 is 2.45 bits per heavy atom. The third kappa shape index (κ3) is 3.29. The van der Waals surface area contributed by atoms with Gasteiger partial charge in [0.15, 0.2) is 18.5 Å². The molecule has 1 aromatic heterocycles. The fraction of sp³-hybridized carbons (Fsp3) is 0.500. The summed E-state index contributed by atoms with van der Waals surface area (Å²) in [6.45, 7) is 2.47. The molecule has 1 atom stereocenters. The lowest BCUT2D eigenvalue weighted by Crippen LogP contribution is -3.00. The van der Waals surface area contributed by atoms with Crippen LogP contribution in [0.5, 0.6) is 0 Å². The quantitative estimate of drug-likeness (QED) is 0.418. The van der Waals surface area contributed by atoms with Crippen molar-refractivity contribution in [2.24, 2.45) is 5.73 Å². The Hall–Kier alpha value is 0.0300. The fourth-order valence-corrected chi connectivity index (χ4v) is 1.53. The van der Waals surface area contributed by atoms with Gasteiger partial charge in [-0.15, -0.1) is 0 Å². The van der Waals surface area contributed by atoms with Crippen molar-refractivity contribution < 1.29 is 26.7 Å². The van der Waals surface area contributed by atoms with Gasteiger partial charge in [-0.3, -0.25) is 0 Å². The van der Waals surface area contributed by atoms with Crippen LogP contribution in [0.1, 0.15) is 5.69 Å². The molecule has 0 saturated carbocycles. The van der Waals surface area contributed by atoms with Crippen LogP contribution in [0.4, 0.5) is 0 Å².